The van der Waals surface area contributed by atoms with Crippen molar-refractivity contribution < 1.29 is 14.4 Å². The average Bonchev–Trinajstić information content (AvgIpc) is 2.74. The van der Waals surface area contributed by atoms with Gasteiger partial charge in [-0.2, -0.15) is 0 Å². The quantitative estimate of drug-likeness (QED) is 0.738. The molecule has 0 bridgehead atoms. The maximum absolute atomic E-state index is 12.4. The number of benzene rings is 1. The van der Waals surface area contributed by atoms with Gasteiger partial charge < -0.3 is 15.5 Å². The summed E-state index contributed by atoms with van der Waals surface area (Å²) in [6.07, 6.45) is 5.24. The molecule has 1 heterocycles. The number of anilines is 1. The van der Waals surface area contributed by atoms with Gasteiger partial charge in [-0.25, -0.2) is 0 Å². The Morgan fingerprint density at radius 2 is 1.69 bits per heavy atom. The normalized spacial score (nSPS) is 18.3. The first-order valence-electron chi connectivity index (χ1n) is 10.3. The zero-order valence-electron chi connectivity index (χ0n) is 16.7. The van der Waals surface area contributed by atoms with E-state index in [0.717, 1.165) is 25.7 Å². The van der Waals surface area contributed by atoms with Crippen molar-refractivity contribution in [3.8, 4) is 0 Å². The highest BCUT2D eigenvalue weighted by Crippen LogP contribution is 2.23. The summed E-state index contributed by atoms with van der Waals surface area (Å²) in [6.45, 7) is 2.67. The molecule has 158 valence electrons. The van der Waals surface area contributed by atoms with Gasteiger partial charge in [-0.1, -0.05) is 43.0 Å². The van der Waals surface area contributed by atoms with Gasteiger partial charge in [0.15, 0.2) is 0 Å². The molecule has 29 heavy (non-hydrogen) atoms. The molecule has 1 aromatic rings. The number of carbonyl (C=O) groups is 3. The summed E-state index contributed by atoms with van der Waals surface area (Å²) in [6, 6.07) is 7.12. The van der Waals surface area contributed by atoms with E-state index in [1.807, 2.05) is 17.0 Å². The van der Waals surface area contributed by atoms with Crippen LogP contribution in [0.3, 0.4) is 0 Å². The largest absolute Gasteiger partial charge is 0.347 e. The van der Waals surface area contributed by atoms with Gasteiger partial charge >= 0.3 is 0 Å². The number of carbonyl (C=O) groups excluding carboxylic acids is 3. The summed E-state index contributed by atoms with van der Waals surface area (Å²) in [4.78, 5) is 40.6. The lowest BCUT2D eigenvalue weighted by molar-refractivity contribution is -0.135. The smallest absolute Gasteiger partial charge is 0.242 e. The Morgan fingerprint density at radius 1 is 1.00 bits per heavy atom. The molecule has 0 unspecified atom stereocenters. The van der Waals surface area contributed by atoms with Gasteiger partial charge in [-0.05, 0) is 25.0 Å². The average molecular weight is 421 g/mol. The Bertz CT molecular complexity index is 728. The summed E-state index contributed by atoms with van der Waals surface area (Å²) >= 11 is 6.06. The van der Waals surface area contributed by atoms with Crippen LogP contribution in [0.4, 0.5) is 5.69 Å². The van der Waals surface area contributed by atoms with E-state index in [9.17, 15) is 14.4 Å². The maximum Gasteiger partial charge on any atom is 0.242 e. The minimum absolute atomic E-state index is 0.00734. The summed E-state index contributed by atoms with van der Waals surface area (Å²) in [5.41, 5.74) is 0.599. The van der Waals surface area contributed by atoms with Crippen molar-refractivity contribution in [1.29, 1.82) is 0 Å². The van der Waals surface area contributed by atoms with Crippen LogP contribution in [0.5, 0.6) is 0 Å². The van der Waals surface area contributed by atoms with Crippen LogP contribution in [-0.4, -0.2) is 66.8 Å². The predicted molar refractivity (Wildman–Crippen MR) is 113 cm³/mol. The van der Waals surface area contributed by atoms with Crippen molar-refractivity contribution >= 4 is 35.0 Å². The fourth-order valence-electron chi connectivity index (χ4n) is 3.89. The third-order valence-corrected chi connectivity index (χ3v) is 5.96. The van der Waals surface area contributed by atoms with E-state index >= 15 is 0 Å². The number of rotatable bonds is 6. The topological polar surface area (TPSA) is 81.8 Å². The van der Waals surface area contributed by atoms with Crippen molar-refractivity contribution in [3.05, 3.63) is 29.3 Å². The molecule has 1 saturated carbocycles. The number of piperazine rings is 1. The molecule has 1 aromatic carbocycles. The van der Waals surface area contributed by atoms with E-state index in [4.69, 9.17) is 11.6 Å². The van der Waals surface area contributed by atoms with Gasteiger partial charge in [0.05, 0.1) is 23.8 Å². The van der Waals surface area contributed by atoms with Crippen LogP contribution >= 0.6 is 11.6 Å². The van der Waals surface area contributed by atoms with E-state index in [2.05, 4.69) is 10.6 Å². The molecule has 2 fully saturated rings. The highest BCUT2D eigenvalue weighted by atomic mass is 35.5. The Morgan fingerprint density at radius 3 is 2.38 bits per heavy atom. The van der Waals surface area contributed by atoms with Crippen molar-refractivity contribution in [1.82, 2.24) is 15.1 Å². The van der Waals surface area contributed by atoms with Gasteiger partial charge in [0, 0.05) is 32.1 Å². The molecule has 3 rings (SSSR count). The first-order chi connectivity index (χ1) is 14.0. The van der Waals surface area contributed by atoms with Crippen LogP contribution in [0.2, 0.25) is 5.02 Å². The third-order valence-electron chi connectivity index (χ3n) is 5.63. The molecule has 1 aliphatic carbocycles. The van der Waals surface area contributed by atoms with Crippen LogP contribution in [-0.2, 0) is 14.4 Å². The molecule has 7 nitrogen and oxygen atoms in total. The standard InChI is InChI=1S/C21H29ClN4O3/c22-17-8-4-5-9-18(17)24-19(27)15-25-10-12-26(13-11-25)20(28)14-23-21(29)16-6-2-1-3-7-16/h4-5,8-9,16H,1-3,6-7,10-15H2,(H,23,29)(H,24,27). The maximum atomic E-state index is 12.4. The van der Waals surface area contributed by atoms with Crippen LogP contribution in [0, 0.1) is 5.92 Å². The molecule has 3 amide bonds. The highest BCUT2D eigenvalue weighted by Gasteiger charge is 2.25. The van der Waals surface area contributed by atoms with Crippen molar-refractivity contribution in [2.75, 3.05) is 44.6 Å². The molecule has 0 atom stereocenters. The number of halogens is 1. The summed E-state index contributed by atoms with van der Waals surface area (Å²) in [5, 5.41) is 6.13. The van der Waals surface area contributed by atoms with E-state index in [-0.39, 0.29) is 36.7 Å². The van der Waals surface area contributed by atoms with Crippen LogP contribution in [0.15, 0.2) is 24.3 Å². The van der Waals surface area contributed by atoms with Crippen LogP contribution < -0.4 is 10.6 Å². The van der Waals surface area contributed by atoms with Gasteiger partial charge in [0.25, 0.3) is 0 Å². The molecular weight excluding hydrogens is 392 g/mol. The second-order valence-corrected chi connectivity index (χ2v) is 8.14. The number of para-hydroxylation sites is 1. The Balaban J connectivity index is 1.36. The molecule has 0 spiro atoms. The van der Waals surface area contributed by atoms with Crippen molar-refractivity contribution in [3.63, 3.8) is 0 Å². The first kappa shape index (κ1) is 21.6. The van der Waals surface area contributed by atoms with Gasteiger partial charge in [0.2, 0.25) is 17.7 Å². The summed E-state index contributed by atoms with van der Waals surface area (Å²) in [7, 11) is 0. The van der Waals surface area contributed by atoms with E-state index in [0.29, 0.717) is 36.9 Å². The number of hydrogen-bond donors (Lipinski definition) is 2. The lowest BCUT2D eigenvalue weighted by Gasteiger charge is -2.34. The minimum Gasteiger partial charge on any atom is -0.347 e. The molecule has 0 radical (unpaired) electrons. The fourth-order valence-corrected chi connectivity index (χ4v) is 4.08. The zero-order valence-corrected chi connectivity index (χ0v) is 17.4. The first-order valence-corrected chi connectivity index (χ1v) is 10.7. The highest BCUT2D eigenvalue weighted by molar-refractivity contribution is 6.33. The SMILES string of the molecule is O=C(CN1CCN(C(=O)CNC(=O)C2CCCCC2)CC1)Nc1ccccc1Cl. The van der Waals surface area contributed by atoms with E-state index in [1.165, 1.54) is 6.42 Å². The Hall–Kier alpha value is -2.12. The van der Waals surface area contributed by atoms with Crippen LogP contribution in [0.1, 0.15) is 32.1 Å². The second kappa shape index (κ2) is 10.6. The lowest BCUT2D eigenvalue weighted by atomic mass is 9.89. The summed E-state index contributed by atoms with van der Waals surface area (Å²) in [5.74, 6) is -0.120. The molecule has 8 heteroatoms. The lowest BCUT2D eigenvalue weighted by Crippen LogP contribution is -2.52. The van der Waals surface area contributed by atoms with Crippen molar-refractivity contribution in [2.24, 2.45) is 5.92 Å². The molecular formula is C21H29ClN4O3. The zero-order chi connectivity index (χ0) is 20.6. The van der Waals surface area contributed by atoms with Crippen LogP contribution in [0.25, 0.3) is 0 Å². The number of nitrogens with one attached hydrogen (secondary N) is 2. The third kappa shape index (κ3) is 6.44. The summed E-state index contributed by atoms with van der Waals surface area (Å²) < 4.78 is 0. The van der Waals surface area contributed by atoms with Gasteiger partial charge in [-0.15, -0.1) is 0 Å². The number of hydrogen-bond acceptors (Lipinski definition) is 4. The molecule has 2 N–H and O–H groups in total. The Kier molecular flexibility index (Phi) is 7.89. The second-order valence-electron chi connectivity index (χ2n) is 7.74. The fraction of sp³-hybridized carbons (Fsp3) is 0.571. The molecule has 1 aliphatic heterocycles. The minimum atomic E-state index is -0.127. The monoisotopic (exact) mass is 420 g/mol. The number of amides is 3. The Labute approximate surface area is 176 Å². The van der Waals surface area contributed by atoms with Crippen molar-refractivity contribution in [2.45, 2.75) is 32.1 Å². The predicted octanol–water partition coefficient (Wildman–Crippen LogP) is 2.12. The van der Waals surface area contributed by atoms with Gasteiger partial charge in [0.1, 0.15) is 0 Å². The number of nitrogens with zero attached hydrogens (tertiary/aromatic N) is 2. The van der Waals surface area contributed by atoms with Gasteiger partial charge in [-0.3, -0.25) is 19.3 Å². The molecule has 2 aliphatic rings. The van der Waals surface area contributed by atoms with E-state index in [1.54, 1.807) is 17.0 Å². The van der Waals surface area contributed by atoms with E-state index < -0.39 is 0 Å². The molecule has 0 aromatic heterocycles. The molecule has 1 saturated heterocycles.